The van der Waals surface area contributed by atoms with E-state index in [4.69, 9.17) is 4.74 Å². The van der Waals surface area contributed by atoms with Gasteiger partial charge in [-0.15, -0.1) is 0 Å². The summed E-state index contributed by atoms with van der Waals surface area (Å²) in [5, 5.41) is 0. The monoisotopic (exact) mass is 328 g/mol. The standard InChI is InChI=1S/C22H16O3/c23-21(16-11-17-7-3-1-4-8-17)25-20-14-12-19(13-15-20)22(24)18-9-5-2-6-10-18/h1-16H/b16-11+. The van der Waals surface area contributed by atoms with Crippen molar-refractivity contribution < 1.29 is 14.3 Å². The number of hydrogen-bond acceptors (Lipinski definition) is 3. The molecule has 3 aromatic carbocycles. The number of ether oxygens (including phenoxy) is 1. The summed E-state index contributed by atoms with van der Waals surface area (Å²) in [7, 11) is 0. The van der Waals surface area contributed by atoms with Crippen molar-refractivity contribution in [3.63, 3.8) is 0 Å². The molecule has 3 heteroatoms. The largest absolute Gasteiger partial charge is 0.423 e. The molecule has 0 bridgehead atoms. The highest BCUT2D eigenvalue weighted by atomic mass is 16.5. The van der Waals surface area contributed by atoms with E-state index in [1.807, 2.05) is 48.5 Å². The van der Waals surface area contributed by atoms with Crippen LogP contribution in [0.25, 0.3) is 6.08 Å². The third-order valence-corrected chi connectivity index (χ3v) is 3.58. The van der Waals surface area contributed by atoms with Crippen molar-refractivity contribution in [3.8, 4) is 5.75 Å². The van der Waals surface area contributed by atoms with E-state index in [0.717, 1.165) is 5.56 Å². The number of benzene rings is 3. The lowest BCUT2D eigenvalue weighted by Crippen LogP contribution is -2.05. The third-order valence-electron chi connectivity index (χ3n) is 3.58. The van der Waals surface area contributed by atoms with Crippen LogP contribution in [0.5, 0.6) is 5.75 Å². The smallest absolute Gasteiger partial charge is 0.336 e. The predicted octanol–water partition coefficient (Wildman–Crippen LogP) is 4.54. The van der Waals surface area contributed by atoms with E-state index in [-0.39, 0.29) is 5.78 Å². The summed E-state index contributed by atoms with van der Waals surface area (Å²) in [6, 6.07) is 25.1. The Hall–Kier alpha value is -3.46. The number of esters is 1. The van der Waals surface area contributed by atoms with Crippen molar-refractivity contribution in [1.29, 1.82) is 0 Å². The number of carbonyl (C=O) groups is 2. The van der Waals surface area contributed by atoms with Crippen LogP contribution < -0.4 is 4.74 Å². The topological polar surface area (TPSA) is 43.4 Å². The number of carbonyl (C=O) groups excluding carboxylic acids is 2. The fraction of sp³-hybridized carbons (Fsp3) is 0. The van der Waals surface area contributed by atoms with Gasteiger partial charge in [-0.3, -0.25) is 4.79 Å². The average molecular weight is 328 g/mol. The first-order valence-corrected chi connectivity index (χ1v) is 7.87. The molecule has 0 saturated carbocycles. The molecule has 122 valence electrons. The molecule has 0 aliphatic heterocycles. The molecule has 0 heterocycles. The van der Waals surface area contributed by atoms with E-state index in [0.29, 0.717) is 16.9 Å². The minimum Gasteiger partial charge on any atom is -0.423 e. The lowest BCUT2D eigenvalue weighted by atomic mass is 10.0. The summed E-state index contributed by atoms with van der Waals surface area (Å²) in [5.74, 6) is -0.138. The van der Waals surface area contributed by atoms with Crippen LogP contribution in [0.4, 0.5) is 0 Å². The molecular formula is C22H16O3. The Balaban J connectivity index is 1.64. The minimum absolute atomic E-state index is 0.0672. The molecule has 0 aliphatic carbocycles. The van der Waals surface area contributed by atoms with Gasteiger partial charge in [0.25, 0.3) is 0 Å². The Labute approximate surface area is 146 Å². The lowest BCUT2D eigenvalue weighted by molar-refractivity contribution is -0.128. The van der Waals surface area contributed by atoms with Gasteiger partial charge in [-0.1, -0.05) is 60.7 Å². The van der Waals surface area contributed by atoms with Gasteiger partial charge in [-0.2, -0.15) is 0 Å². The summed E-state index contributed by atoms with van der Waals surface area (Å²) in [4.78, 5) is 24.2. The van der Waals surface area contributed by atoms with Gasteiger partial charge in [0.15, 0.2) is 5.78 Å². The molecule has 3 nitrogen and oxygen atoms in total. The quantitative estimate of drug-likeness (QED) is 0.299. The molecule has 0 saturated heterocycles. The summed E-state index contributed by atoms with van der Waals surface area (Å²) >= 11 is 0. The Kier molecular flexibility index (Phi) is 5.17. The average Bonchev–Trinajstić information content (AvgIpc) is 2.68. The van der Waals surface area contributed by atoms with Crippen molar-refractivity contribution in [1.82, 2.24) is 0 Å². The van der Waals surface area contributed by atoms with Crippen molar-refractivity contribution in [2.24, 2.45) is 0 Å². The number of ketones is 1. The summed E-state index contributed by atoms with van der Waals surface area (Å²) in [6.07, 6.45) is 3.06. The van der Waals surface area contributed by atoms with Crippen LogP contribution in [0.3, 0.4) is 0 Å². The van der Waals surface area contributed by atoms with Gasteiger partial charge < -0.3 is 4.74 Å². The second-order valence-corrected chi connectivity index (χ2v) is 5.38. The Morgan fingerprint density at radius 3 is 1.88 bits per heavy atom. The molecule has 0 radical (unpaired) electrons. The first-order valence-electron chi connectivity index (χ1n) is 7.87. The maximum atomic E-state index is 12.3. The molecule has 0 aromatic heterocycles. The number of rotatable bonds is 5. The van der Waals surface area contributed by atoms with Gasteiger partial charge in [0.2, 0.25) is 0 Å². The second kappa shape index (κ2) is 7.88. The Morgan fingerprint density at radius 1 is 0.680 bits per heavy atom. The SMILES string of the molecule is O=C(/C=C/c1ccccc1)Oc1ccc(C(=O)c2ccccc2)cc1. The van der Waals surface area contributed by atoms with Crippen LogP contribution >= 0.6 is 0 Å². The van der Waals surface area contributed by atoms with Crippen LogP contribution in [0.15, 0.2) is 91.0 Å². The molecule has 3 aromatic rings. The van der Waals surface area contributed by atoms with Crippen molar-refractivity contribution in [3.05, 3.63) is 108 Å². The fourth-order valence-corrected chi connectivity index (χ4v) is 2.31. The van der Waals surface area contributed by atoms with E-state index in [2.05, 4.69) is 0 Å². The Bertz CT molecular complexity index is 880. The van der Waals surface area contributed by atoms with Crippen molar-refractivity contribution >= 4 is 17.8 Å². The molecule has 25 heavy (non-hydrogen) atoms. The second-order valence-electron chi connectivity index (χ2n) is 5.38. The predicted molar refractivity (Wildman–Crippen MR) is 97.4 cm³/mol. The lowest BCUT2D eigenvalue weighted by Gasteiger charge is -2.04. The van der Waals surface area contributed by atoms with Crippen LogP contribution in [0.2, 0.25) is 0 Å². The third kappa shape index (κ3) is 4.52. The molecule has 0 spiro atoms. The summed E-state index contributed by atoms with van der Waals surface area (Å²) in [6.45, 7) is 0. The van der Waals surface area contributed by atoms with E-state index >= 15 is 0 Å². The maximum Gasteiger partial charge on any atom is 0.336 e. The molecule has 3 rings (SSSR count). The van der Waals surface area contributed by atoms with Gasteiger partial charge in [-0.25, -0.2) is 4.79 Å². The molecule has 0 atom stereocenters. The van der Waals surface area contributed by atoms with Crippen LogP contribution in [0.1, 0.15) is 21.5 Å². The van der Waals surface area contributed by atoms with E-state index in [1.54, 1.807) is 42.5 Å². The molecule has 0 aliphatic rings. The zero-order valence-corrected chi connectivity index (χ0v) is 13.5. The Morgan fingerprint density at radius 2 is 1.24 bits per heavy atom. The fourth-order valence-electron chi connectivity index (χ4n) is 2.31. The first kappa shape index (κ1) is 16.4. The molecular weight excluding hydrogens is 312 g/mol. The highest BCUT2D eigenvalue weighted by Crippen LogP contribution is 2.16. The van der Waals surface area contributed by atoms with Gasteiger partial charge in [0.1, 0.15) is 5.75 Å². The van der Waals surface area contributed by atoms with Crippen molar-refractivity contribution in [2.45, 2.75) is 0 Å². The van der Waals surface area contributed by atoms with Crippen LogP contribution in [-0.2, 0) is 4.79 Å². The summed E-state index contributed by atoms with van der Waals surface area (Å²) < 4.78 is 5.24. The zero-order valence-electron chi connectivity index (χ0n) is 13.5. The van der Waals surface area contributed by atoms with Gasteiger partial charge in [-0.05, 0) is 35.9 Å². The van der Waals surface area contributed by atoms with Gasteiger partial charge in [0.05, 0.1) is 0 Å². The van der Waals surface area contributed by atoms with Crippen LogP contribution in [0, 0.1) is 0 Å². The van der Waals surface area contributed by atoms with E-state index < -0.39 is 5.97 Å². The van der Waals surface area contributed by atoms with Gasteiger partial charge >= 0.3 is 5.97 Å². The maximum absolute atomic E-state index is 12.3. The highest BCUT2D eigenvalue weighted by molar-refractivity contribution is 6.09. The zero-order chi connectivity index (χ0) is 17.5. The molecule has 0 unspecified atom stereocenters. The van der Waals surface area contributed by atoms with E-state index in [1.165, 1.54) is 6.08 Å². The van der Waals surface area contributed by atoms with Gasteiger partial charge in [0, 0.05) is 17.2 Å². The minimum atomic E-state index is -0.467. The van der Waals surface area contributed by atoms with E-state index in [9.17, 15) is 9.59 Å². The summed E-state index contributed by atoms with van der Waals surface area (Å²) in [5.41, 5.74) is 2.09. The normalized spacial score (nSPS) is 10.6. The molecule has 0 N–H and O–H groups in total. The molecule has 0 fully saturated rings. The first-order chi connectivity index (χ1) is 12.2. The van der Waals surface area contributed by atoms with Crippen LogP contribution in [-0.4, -0.2) is 11.8 Å². The molecule has 0 amide bonds. The number of hydrogen-bond donors (Lipinski definition) is 0. The highest BCUT2D eigenvalue weighted by Gasteiger charge is 2.09. The van der Waals surface area contributed by atoms with Crippen molar-refractivity contribution in [2.75, 3.05) is 0 Å².